The molecule has 2 rings (SSSR count). The highest BCUT2D eigenvalue weighted by molar-refractivity contribution is 5.91. The predicted octanol–water partition coefficient (Wildman–Crippen LogP) is 3.28. The van der Waals surface area contributed by atoms with Gasteiger partial charge in [-0.15, -0.1) is 0 Å². The third kappa shape index (κ3) is 4.34. The van der Waals surface area contributed by atoms with E-state index in [0.717, 1.165) is 18.5 Å². The molecule has 0 aliphatic heterocycles. The molecule has 0 unspecified atom stereocenters. The van der Waals surface area contributed by atoms with Crippen LogP contribution in [0.5, 0.6) is 0 Å². The van der Waals surface area contributed by atoms with Gasteiger partial charge in [-0.1, -0.05) is 12.1 Å². The van der Waals surface area contributed by atoms with Crippen molar-refractivity contribution >= 4 is 11.6 Å². The van der Waals surface area contributed by atoms with Crippen molar-refractivity contribution in [1.29, 1.82) is 0 Å². The minimum absolute atomic E-state index is 0.0617. The van der Waals surface area contributed by atoms with E-state index in [2.05, 4.69) is 37.5 Å². The van der Waals surface area contributed by atoms with Crippen molar-refractivity contribution in [3.05, 3.63) is 29.3 Å². The van der Waals surface area contributed by atoms with Crippen LogP contribution in [0.15, 0.2) is 18.2 Å². The summed E-state index contributed by atoms with van der Waals surface area (Å²) in [5.41, 5.74) is 3.83. The number of rotatable bonds is 4. The molecule has 0 spiro atoms. The van der Waals surface area contributed by atoms with Gasteiger partial charge in [-0.3, -0.25) is 4.79 Å². The van der Waals surface area contributed by atoms with Crippen LogP contribution >= 0.6 is 0 Å². The van der Waals surface area contributed by atoms with Crippen LogP contribution in [-0.4, -0.2) is 18.0 Å². The molecule has 20 heavy (non-hydrogen) atoms. The average molecular weight is 274 g/mol. The first-order valence-electron chi connectivity index (χ1n) is 7.61. The van der Waals surface area contributed by atoms with Crippen LogP contribution in [0.3, 0.4) is 0 Å². The summed E-state index contributed by atoms with van der Waals surface area (Å²) < 4.78 is 0. The lowest BCUT2D eigenvalue weighted by molar-refractivity contribution is -0.116. The Bertz CT molecular complexity index is 474. The molecule has 1 aliphatic carbocycles. The molecule has 0 saturated carbocycles. The highest BCUT2D eigenvalue weighted by Crippen LogP contribution is 2.27. The zero-order chi connectivity index (χ0) is 14.6. The molecular formula is C17H26N2O. The van der Waals surface area contributed by atoms with Crippen LogP contribution in [-0.2, 0) is 17.6 Å². The smallest absolute Gasteiger partial charge is 0.225 e. The van der Waals surface area contributed by atoms with Gasteiger partial charge in [0.15, 0.2) is 0 Å². The topological polar surface area (TPSA) is 41.1 Å². The van der Waals surface area contributed by atoms with Gasteiger partial charge in [-0.2, -0.15) is 0 Å². The molecule has 1 amide bonds. The number of aryl methyl sites for hydroxylation is 1. The Morgan fingerprint density at radius 3 is 2.70 bits per heavy atom. The number of hydrogen-bond acceptors (Lipinski definition) is 2. The van der Waals surface area contributed by atoms with Gasteiger partial charge in [0.2, 0.25) is 5.91 Å². The Labute approximate surface area is 122 Å². The first kappa shape index (κ1) is 15.0. The van der Waals surface area contributed by atoms with E-state index in [-0.39, 0.29) is 11.4 Å². The monoisotopic (exact) mass is 274 g/mol. The second kappa shape index (κ2) is 6.40. The normalized spacial score (nSPS) is 14.8. The SMILES string of the molecule is CC(C)(C)NCCC(=O)Nc1cccc2c1CCCC2. The quantitative estimate of drug-likeness (QED) is 0.884. The summed E-state index contributed by atoms with van der Waals surface area (Å²) in [6, 6.07) is 6.26. The highest BCUT2D eigenvalue weighted by atomic mass is 16.1. The second-order valence-electron chi connectivity index (χ2n) is 6.63. The standard InChI is InChI=1S/C17H26N2O/c1-17(2,3)18-12-11-16(20)19-15-10-6-8-13-7-4-5-9-14(13)15/h6,8,10,18H,4-5,7,9,11-12H2,1-3H3,(H,19,20). The van der Waals surface area contributed by atoms with Crippen molar-refractivity contribution in [2.24, 2.45) is 0 Å². The van der Waals surface area contributed by atoms with E-state index < -0.39 is 0 Å². The molecule has 0 saturated heterocycles. The molecule has 0 heterocycles. The number of carbonyl (C=O) groups excluding carboxylic acids is 1. The van der Waals surface area contributed by atoms with Crippen LogP contribution in [0.1, 0.15) is 51.2 Å². The van der Waals surface area contributed by atoms with Gasteiger partial charge in [0, 0.05) is 24.2 Å². The molecule has 1 aromatic carbocycles. The molecule has 110 valence electrons. The van der Waals surface area contributed by atoms with Gasteiger partial charge < -0.3 is 10.6 Å². The number of anilines is 1. The van der Waals surface area contributed by atoms with Crippen molar-refractivity contribution < 1.29 is 4.79 Å². The maximum absolute atomic E-state index is 12.0. The number of carbonyl (C=O) groups is 1. The largest absolute Gasteiger partial charge is 0.326 e. The fourth-order valence-corrected chi connectivity index (χ4v) is 2.66. The van der Waals surface area contributed by atoms with E-state index in [9.17, 15) is 4.79 Å². The van der Waals surface area contributed by atoms with E-state index in [0.29, 0.717) is 13.0 Å². The number of nitrogens with one attached hydrogen (secondary N) is 2. The molecule has 0 radical (unpaired) electrons. The Morgan fingerprint density at radius 2 is 1.95 bits per heavy atom. The van der Waals surface area contributed by atoms with Gasteiger partial charge in [0.1, 0.15) is 0 Å². The summed E-state index contributed by atoms with van der Waals surface area (Å²) >= 11 is 0. The highest BCUT2D eigenvalue weighted by Gasteiger charge is 2.15. The minimum Gasteiger partial charge on any atom is -0.326 e. The zero-order valence-electron chi connectivity index (χ0n) is 12.9. The van der Waals surface area contributed by atoms with E-state index in [4.69, 9.17) is 0 Å². The second-order valence-corrected chi connectivity index (χ2v) is 6.63. The maximum atomic E-state index is 12.0. The molecule has 1 aliphatic rings. The lowest BCUT2D eigenvalue weighted by atomic mass is 9.90. The molecule has 3 nitrogen and oxygen atoms in total. The first-order valence-corrected chi connectivity index (χ1v) is 7.61. The Morgan fingerprint density at radius 1 is 1.20 bits per heavy atom. The third-order valence-corrected chi connectivity index (χ3v) is 3.68. The Hall–Kier alpha value is -1.35. The van der Waals surface area contributed by atoms with E-state index in [1.807, 2.05) is 12.1 Å². The van der Waals surface area contributed by atoms with Crippen LogP contribution in [0, 0.1) is 0 Å². The molecule has 0 atom stereocenters. The number of fused-ring (bicyclic) bond motifs is 1. The zero-order valence-corrected chi connectivity index (χ0v) is 12.9. The lowest BCUT2D eigenvalue weighted by Gasteiger charge is -2.21. The summed E-state index contributed by atoms with van der Waals surface area (Å²) in [4.78, 5) is 12.0. The van der Waals surface area contributed by atoms with E-state index >= 15 is 0 Å². The van der Waals surface area contributed by atoms with Crippen molar-refractivity contribution in [3.8, 4) is 0 Å². The van der Waals surface area contributed by atoms with Gasteiger partial charge >= 0.3 is 0 Å². The van der Waals surface area contributed by atoms with Crippen LogP contribution in [0.2, 0.25) is 0 Å². The Kier molecular flexibility index (Phi) is 4.81. The summed E-state index contributed by atoms with van der Waals surface area (Å²) in [6.07, 6.45) is 5.24. The number of amides is 1. The molecule has 2 N–H and O–H groups in total. The first-order chi connectivity index (χ1) is 9.46. The molecular weight excluding hydrogens is 248 g/mol. The van der Waals surface area contributed by atoms with Gasteiger partial charge in [-0.25, -0.2) is 0 Å². The van der Waals surface area contributed by atoms with Gasteiger partial charge in [-0.05, 0) is 63.6 Å². The summed E-state index contributed by atoms with van der Waals surface area (Å²) in [5, 5.41) is 6.42. The third-order valence-electron chi connectivity index (χ3n) is 3.68. The summed E-state index contributed by atoms with van der Waals surface area (Å²) in [7, 11) is 0. The van der Waals surface area contributed by atoms with Gasteiger partial charge in [0.25, 0.3) is 0 Å². The van der Waals surface area contributed by atoms with Crippen molar-refractivity contribution in [2.45, 2.75) is 58.4 Å². The molecule has 0 aromatic heterocycles. The molecule has 0 bridgehead atoms. The summed E-state index contributed by atoms with van der Waals surface area (Å²) in [5.74, 6) is 0.0979. The van der Waals surface area contributed by atoms with Gasteiger partial charge in [0.05, 0.1) is 0 Å². The molecule has 1 aromatic rings. The van der Waals surface area contributed by atoms with Crippen molar-refractivity contribution in [3.63, 3.8) is 0 Å². The van der Waals surface area contributed by atoms with Crippen molar-refractivity contribution in [1.82, 2.24) is 5.32 Å². The lowest BCUT2D eigenvalue weighted by Crippen LogP contribution is -2.37. The number of hydrogen-bond donors (Lipinski definition) is 2. The van der Waals surface area contributed by atoms with Crippen LogP contribution in [0.25, 0.3) is 0 Å². The van der Waals surface area contributed by atoms with Crippen LogP contribution < -0.4 is 10.6 Å². The Balaban J connectivity index is 1.91. The van der Waals surface area contributed by atoms with Crippen LogP contribution in [0.4, 0.5) is 5.69 Å². The van der Waals surface area contributed by atoms with E-state index in [1.165, 1.54) is 24.0 Å². The minimum atomic E-state index is 0.0617. The average Bonchev–Trinajstić information content (AvgIpc) is 2.37. The van der Waals surface area contributed by atoms with Crippen molar-refractivity contribution in [2.75, 3.05) is 11.9 Å². The molecule has 3 heteroatoms. The van der Waals surface area contributed by atoms with E-state index in [1.54, 1.807) is 0 Å². The fraction of sp³-hybridized carbons (Fsp3) is 0.588. The summed E-state index contributed by atoms with van der Waals surface area (Å²) in [6.45, 7) is 7.04. The molecule has 0 fully saturated rings. The number of benzene rings is 1. The fourth-order valence-electron chi connectivity index (χ4n) is 2.66. The maximum Gasteiger partial charge on any atom is 0.225 e. The predicted molar refractivity (Wildman–Crippen MR) is 84.1 cm³/mol.